The Morgan fingerprint density at radius 1 is 1.05 bits per heavy atom. The van der Waals surface area contributed by atoms with Gasteiger partial charge in [0.1, 0.15) is 11.5 Å². The zero-order valence-corrected chi connectivity index (χ0v) is 11.9. The average molecular weight is 280 g/mol. The van der Waals surface area contributed by atoms with Gasteiger partial charge in [0.2, 0.25) is 0 Å². The molecule has 0 aliphatic rings. The molecule has 3 aromatic rings. The molecule has 0 fully saturated rings. The summed E-state index contributed by atoms with van der Waals surface area (Å²) < 4.78 is 5.35. The summed E-state index contributed by atoms with van der Waals surface area (Å²) in [4.78, 5) is 0. The van der Waals surface area contributed by atoms with Gasteiger partial charge in [0, 0.05) is 11.1 Å². The highest BCUT2D eigenvalue weighted by molar-refractivity contribution is 5.74. The molecule has 2 aromatic carbocycles. The van der Waals surface area contributed by atoms with Gasteiger partial charge in [-0.05, 0) is 37.3 Å². The number of benzene rings is 2. The van der Waals surface area contributed by atoms with Gasteiger partial charge in [-0.15, -0.1) is 0 Å². The fraction of sp³-hybridized carbons (Fsp3) is 0.118. The van der Waals surface area contributed by atoms with Crippen LogP contribution in [0.2, 0.25) is 0 Å². The molecular formula is C17H16N2O2. The van der Waals surface area contributed by atoms with E-state index in [0.29, 0.717) is 0 Å². The van der Waals surface area contributed by atoms with E-state index in [4.69, 9.17) is 4.74 Å². The van der Waals surface area contributed by atoms with E-state index in [-0.39, 0.29) is 5.75 Å². The van der Waals surface area contributed by atoms with Crippen LogP contribution in [-0.4, -0.2) is 22.4 Å². The first-order valence-electron chi connectivity index (χ1n) is 6.68. The van der Waals surface area contributed by atoms with Crippen molar-refractivity contribution in [3.63, 3.8) is 0 Å². The number of phenolic OH excluding ortho intramolecular Hbond substituents is 1. The summed E-state index contributed by atoms with van der Waals surface area (Å²) >= 11 is 0. The summed E-state index contributed by atoms with van der Waals surface area (Å²) in [7, 11) is 1.64. The van der Waals surface area contributed by atoms with Crippen LogP contribution in [0.4, 0.5) is 0 Å². The third-order valence-corrected chi connectivity index (χ3v) is 3.40. The van der Waals surface area contributed by atoms with Gasteiger partial charge < -0.3 is 9.84 Å². The van der Waals surface area contributed by atoms with Gasteiger partial charge in [-0.1, -0.05) is 23.8 Å². The highest BCUT2D eigenvalue weighted by Gasteiger charge is 2.12. The second-order valence-corrected chi connectivity index (χ2v) is 4.89. The van der Waals surface area contributed by atoms with Crippen molar-refractivity contribution in [1.29, 1.82) is 0 Å². The molecule has 0 saturated carbocycles. The number of nitrogens with one attached hydrogen (secondary N) is 1. The first-order chi connectivity index (χ1) is 10.2. The van der Waals surface area contributed by atoms with Crippen LogP contribution in [0, 0.1) is 6.92 Å². The quantitative estimate of drug-likeness (QED) is 0.768. The van der Waals surface area contributed by atoms with Crippen LogP contribution in [0.25, 0.3) is 22.5 Å². The summed E-state index contributed by atoms with van der Waals surface area (Å²) in [6.07, 6.45) is 0. The average Bonchev–Trinajstić information content (AvgIpc) is 2.99. The van der Waals surface area contributed by atoms with Gasteiger partial charge in [-0.2, -0.15) is 5.10 Å². The topological polar surface area (TPSA) is 58.1 Å². The number of methoxy groups -OCH3 is 1. The van der Waals surface area contributed by atoms with Crippen LogP contribution < -0.4 is 4.74 Å². The zero-order valence-electron chi connectivity index (χ0n) is 11.9. The Kier molecular flexibility index (Phi) is 3.36. The van der Waals surface area contributed by atoms with Crippen LogP contribution in [-0.2, 0) is 0 Å². The fourth-order valence-electron chi connectivity index (χ4n) is 2.32. The van der Waals surface area contributed by atoms with E-state index in [2.05, 4.69) is 10.2 Å². The molecule has 1 aromatic heterocycles. The highest BCUT2D eigenvalue weighted by Crippen LogP contribution is 2.33. The van der Waals surface area contributed by atoms with Gasteiger partial charge in [-0.3, -0.25) is 5.10 Å². The van der Waals surface area contributed by atoms with Gasteiger partial charge in [0.05, 0.1) is 18.5 Å². The molecule has 106 valence electrons. The van der Waals surface area contributed by atoms with Crippen molar-refractivity contribution in [3.05, 3.63) is 54.1 Å². The molecule has 0 bridgehead atoms. The van der Waals surface area contributed by atoms with E-state index in [1.54, 1.807) is 13.2 Å². The third kappa shape index (κ3) is 2.48. The summed E-state index contributed by atoms with van der Waals surface area (Å²) in [5.74, 6) is 1.000. The first-order valence-corrected chi connectivity index (χ1v) is 6.68. The molecule has 4 nitrogen and oxygen atoms in total. The molecule has 0 aliphatic heterocycles. The summed E-state index contributed by atoms with van der Waals surface area (Å²) in [5.41, 5.74) is 4.29. The molecule has 0 aliphatic carbocycles. The van der Waals surface area contributed by atoms with Crippen molar-refractivity contribution < 1.29 is 9.84 Å². The summed E-state index contributed by atoms with van der Waals surface area (Å²) in [6.45, 7) is 1.99. The second-order valence-electron chi connectivity index (χ2n) is 4.89. The summed E-state index contributed by atoms with van der Waals surface area (Å²) in [5, 5.41) is 17.3. The normalized spacial score (nSPS) is 10.6. The smallest absolute Gasteiger partial charge is 0.128 e. The van der Waals surface area contributed by atoms with E-state index in [1.165, 1.54) is 0 Å². The Morgan fingerprint density at radius 3 is 2.67 bits per heavy atom. The standard InChI is InChI=1S/C17H16N2O2/c1-11-7-8-16(20)13(9-11)15-10-14(18-19-15)12-5-3-4-6-17(12)21-2/h3-10,20H,1-2H3,(H,18,19). The molecule has 0 spiro atoms. The number of ether oxygens (including phenoxy) is 1. The SMILES string of the molecule is COc1ccccc1-c1cc(-c2cc(C)ccc2O)[nH]n1. The lowest BCUT2D eigenvalue weighted by Crippen LogP contribution is -1.87. The number of H-pyrrole nitrogens is 1. The molecule has 0 atom stereocenters. The van der Waals surface area contributed by atoms with Crippen molar-refractivity contribution in [2.45, 2.75) is 6.92 Å². The molecule has 0 saturated heterocycles. The van der Waals surface area contributed by atoms with Gasteiger partial charge in [-0.25, -0.2) is 0 Å². The lowest BCUT2D eigenvalue weighted by Gasteiger charge is -2.04. The first kappa shape index (κ1) is 13.2. The predicted octanol–water partition coefficient (Wildman–Crippen LogP) is 3.77. The number of hydrogen-bond acceptors (Lipinski definition) is 3. The van der Waals surface area contributed by atoms with Gasteiger partial charge in [0.25, 0.3) is 0 Å². The van der Waals surface area contributed by atoms with Crippen LogP contribution in [0.3, 0.4) is 0 Å². The Bertz CT molecular complexity index is 778. The largest absolute Gasteiger partial charge is 0.507 e. The van der Waals surface area contributed by atoms with E-state index >= 15 is 0 Å². The Balaban J connectivity index is 2.06. The minimum Gasteiger partial charge on any atom is -0.507 e. The number of phenols is 1. The Morgan fingerprint density at radius 2 is 1.86 bits per heavy atom. The number of aryl methyl sites for hydroxylation is 1. The monoisotopic (exact) mass is 280 g/mol. The fourth-order valence-corrected chi connectivity index (χ4v) is 2.32. The maximum Gasteiger partial charge on any atom is 0.128 e. The van der Waals surface area contributed by atoms with Gasteiger partial charge in [0.15, 0.2) is 0 Å². The number of aromatic hydroxyl groups is 1. The van der Waals surface area contributed by atoms with E-state index in [1.807, 2.05) is 49.4 Å². The molecule has 0 radical (unpaired) electrons. The lowest BCUT2D eigenvalue weighted by atomic mass is 10.1. The molecule has 21 heavy (non-hydrogen) atoms. The number of aromatic amines is 1. The molecule has 0 amide bonds. The maximum atomic E-state index is 10.00. The number of para-hydroxylation sites is 1. The van der Waals surface area contributed by atoms with Crippen molar-refractivity contribution in [2.24, 2.45) is 0 Å². The second kappa shape index (κ2) is 5.32. The molecule has 4 heteroatoms. The van der Waals surface area contributed by atoms with Gasteiger partial charge >= 0.3 is 0 Å². The van der Waals surface area contributed by atoms with Crippen LogP contribution in [0.5, 0.6) is 11.5 Å². The summed E-state index contributed by atoms with van der Waals surface area (Å²) in [6, 6.07) is 15.1. The Hall–Kier alpha value is -2.75. The minimum atomic E-state index is 0.232. The molecule has 1 heterocycles. The van der Waals surface area contributed by atoms with Crippen molar-refractivity contribution in [2.75, 3.05) is 7.11 Å². The van der Waals surface area contributed by atoms with Crippen LogP contribution in [0.15, 0.2) is 48.5 Å². The molecule has 2 N–H and O–H groups in total. The van der Waals surface area contributed by atoms with Crippen LogP contribution >= 0.6 is 0 Å². The Labute approximate surface area is 123 Å². The third-order valence-electron chi connectivity index (χ3n) is 3.40. The van der Waals surface area contributed by atoms with E-state index < -0.39 is 0 Å². The zero-order chi connectivity index (χ0) is 14.8. The van der Waals surface area contributed by atoms with Crippen molar-refractivity contribution >= 4 is 0 Å². The molecule has 0 unspecified atom stereocenters. The minimum absolute atomic E-state index is 0.232. The number of rotatable bonds is 3. The van der Waals surface area contributed by atoms with E-state index in [9.17, 15) is 5.11 Å². The van der Waals surface area contributed by atoms with Crippen molar-refractivity contribution in [3.8, 4) is 34.0 Å². The van der Waals surface area contributed by atoms with Crippen molar-refractivity contribution in [1.82, 2.24) is 10.2 Å². The maximum absolute atomic E-state index is 10.00. The predicted molar refractivity (Wildman–Crippen MR) is 82.4 cm³/mol. The number of nitrogens with zero attached hydrogens (tertiary/aromatic N) is 1. The van der Waals surface area contributed by atoms with E-state index in [0.717, 1.165) is 33.8 Å². The highest BCUT2D eigenvalue weighted by atomic mass is 16.5. The molecular weight excluding hydrogens is 264 g/mol. The molecule has 3 rings (SSSR count). The van der Waals surface area contributed by atoms with Crippen LogP contribution in [0.1, 0.15) is 5.56 Å². The number of hydrogen-bond donors (Lipinski definition) is 2. The number of aromatic nitrogens is 2. The lowest BCUT2D eigenvalue weighted by molar-refractivity contribution is 0.416.